The molecule has 0 radical (unpaired) electrons. The maximum atomic E-state index is 13.6. The summed E-state index contributed by atoms with van der Waals surface area (Å²) in [6, 6.07) is 16.9. The maximum Gasteiger partial charge on any atom is 0.254 e. The number of hydrogen-bond acceptors (Lipinski definition) is 7. The molecule has 0 bridgehead atoms. The van der Waals surface area contributed by atoms with Gasteiger partial charge in [0, 0.05) is 62.7 Å². The average molecular weight is 542 g/mol. The smallest absolute Gasteiger partial charge is 0.254 e. The van der Waals surface area contributed by atoms with Gasteiger partial charge in [-0.1, -0.05) is 24.3 Å². The van der Waals surface area contributed by atoms with Gasteiger partial charge in [-0.25, -0.2) is 16.8 Å². The normalized spacial score (nSPS) is 15.4. The van der Waals surface area contributed by atoms with Crippen LogP contribution in [0.15, 0.2) is 82.8 Å². The zero-order valence-electron chi connectivity index (χ0n) is 20.9. The molecule has 0 saturated carbocycles. The first-order valence-electron chi connectivity index (χ1n) is 12.0. The van der Waals surface area contributed by atoms with E-state index in [0.717, 1.165) is 30.2 Å². The number of sulfone groups is 2. The third-order valence-electron chi connectivity index (χ3n) is 6.63. The summed E-state index contributed by atoms with van der Waals surface area (Å²) in [5, 5.41) is 0. The number of benzene rings is 2. The average Bonchev–Trinajstić information content (AvgIpc) is 2.87. The van der Waals surface area contributed by atoms with E-state index in [1.807, 2.05) is 29.2 Å². The fourth-order valence-corrected chi connectivity index (χ4v) is 6.26. The Morgan fingerprint density at radius 3 is 2.19 bits per heavy atom. The molecule has 0 N–H and O–H groups in total. The topological polar surface area (TPSA) is 105 Å². The summed E-state index contributed by atoms with van der Waals surface area (Å²) in [4.78, 5) is 22.4. The van der Waals surface area contributed by atoms with Gasteiger partial charge in [-0.3, -0.25) is 14.7 Å². The summed E-state index contributed by atoms with van der Waals surface area (Å²) in [6.07, 6.45) is 7.25. The molecule has 4 rings (SSSR count). The molecule has 2 heterocycles. The van der Waals surface area contributed by atoms with Crippen LogP contribution in [0.25, 0.3) is 0 Å². The summed E-state index contributed by atoms with van der Waals surface area (Å²) in [7, 11) is -6.68. The third-order valence-corrected chi connectivity index (χ3v) is 8.96. The van der Waals surface area contributed by atoms with E-state index in [2.05, 4.69) is 9.88 Å². The van der Waals surface area contributed by atoms with Crippen molar-refractivity contribution in [2.75, 3.05) is 25.6 Å². The van der Waals surface area contributed by atoms with Gasteiger partial charge < -0.3 is 4.90 Å². The molecule has 8 nitrogen and oxygen atoms in total. The van der Waals surface area contributed by atoms with Gasteiger partial charge in [0.2, 0.25) is 0 Å². The number of piperidine rings is 1. The van der Waals surface area contributed by atoms with E-state index in [4.69, 9.17) is 0 Å². The Bertz CT molecular complexity index is 1450. The lowest BCUT2D eigenvalue weighted by molar-refractivity contribution is 0.0541. The van der Waals surface area contributed by atoms with Crippen LogP contribution in [0, 0.1) is 0 Å². The minimum Gasteiger partial charge on any atom is -0.331 e. The molecule has 1 fully saturated rings. The van der Waals surface area contributed by atoms with Gasteiger partial charge in [0.1, 0.15) is 0 Å². The van der Waals surface area contributed by atoms with Crippen molar-refractivity contribution in [1.82, 2.24) is 14.8 Å². The Balaban J connectivity index is 1.51. The number of nitrogens with zero attached hydrogens (tertiary/aromatic N) is 3. The summed E-state index contributed by atoms with van der Waals surface area (Å²) in [5.74, 6) is -0.162. The third kappa shape index (κ3) is 6.82. The van der Waals surface area contributed by atoms with E-state index in [0.29, 0.717) is 36.6 Å². The fraction of sp³-hybridized carbons (Fsp3) is 0.333. The Kier molecular flexibility index (Phi) is 8.11. The van der Waals surface area contributed by atoms with Crippen molar-refractivity contribution in [3.63, 3.8) is 0 Å². The van der Waals surface area contributed by atoms with Crippen LogP contribution in [0.4, 0.5) is 0 Å². The zero-order valence-corrected chi connectivity index (χ0v) is 22.6. The SMILES string of the molecule is CS(=O)(=O)c1ccc(C(=O)N(Cc2cccnc2)C2CCN(Cc3ccccc3S(C)(=O)=O)CC2)cc1. The summed E-state index contributed by atoms with van der Waals surface area (Å²) < 4.78 is 48.1. The molecular weight excluding hydrogens is 510 g/mol. The maximum absolute atomic E-state index is 13.6. The van der Waals surface area contributed by atoms with Crippen molar-refractivity contribution in [1.29, 1.82) is 0 Å². The molecule has 37 heavy (non-hydrogen) atoms. The molecule has 1 amide bonds. The van der Waals surface area contributed by atoms with Gasteiger partial charge in [0.25, 0.3) is 5.91 Å². The molecule has 1 aromatic heterocycles. The van der Waals surface area contributed by atoms with Gasteiger partial charge in [0.15, 0.2) is 19.7 Å². The largest absolute Gasteiger partial charge is 0.331 e. The molecule has 0 unspecified atom stereocenters. The predicted molar refractivity (Wildman–Crippen MR) is 142 cm³/mol. The second-order valence-electron chi connectivity index (χ2n) is 9.48. The van der Waals surface area contributed by atoms with Crippen molar-refractivity contribution in [3.8, 4) is 0 Å². The lowest BCUT2D eigenvalue weighted by Gasteiger charge is -2.39. The van der Waals surface area contributed by atoms with Crippen molar-refractivity contribution >= 4 is 25.6 Å². The van der Waals surface area contributed by atoms with E-state index in [1.54, 1.807) is 36.7 Å². The van der Waals surface area contributed by atoms with E-state index < -0.39 is 19.7 Å². The lowest BCUT2D eigenvalue weighted by Crippen LogP contribution is -2.47. The molecule has 10 heteroatoms. The Morgan fingerprint density at radius 1 is 0.919 bits per heavy atom. The van der Waals surface area contributed by atoms with Gasteiger partial charge >= 0.3 is 0 Å². The van der Waals surface area contributed by atoms with Gasteiger partial charge in [-0.2, -0.15) is 0 Å². The molecule has 3 aromatic rings. The number of amides is 1. The number of pyridine rings is 1. The summed E-state index contributed by atoms with van der Waals surface area (Å²) in [6.45, 7) is 2.35. The van der Waals surface area contributed by atoms with Crippen molar-refractivity contribution in [2.45, 2.75) is 41.8 Å². The second-order valence-corrected chi connectivity index (χ2v) is 13.5. The Labute approximate surface area is 218 Å². The van der Waals surface area contributed by atoms with Gasteiger partial charge in [-0.15, -0.1) is 0 Å². The van der Waals surface area contributed by atoms with Crippen LogP contribution in [0.5, 0.6) is 0 Å². The highest BCUT2D eigenvalue weighted by atomic mass is 32.2. The first-order chi connectivity index (χ1) is 17.5. The fourth-order valence-electron chi connectivity index (χ4n) is 4.69. The highest BCUT2D eigenvalue weighted by molar-refractivity contribution is 7.91. The Hall–Kier alpha value is -3.08. The standard InChI is InChI=1S/C27H31N3O5S2/c1-36(32,33)25-11-9-22(10-12-25)27(31)30(19-21-6-5-15-28-18-21)24-13-16-29(17-14-24)20-23-7-3-4-8-26(23)37(2,34)35/h3-12,15,18,24H,13-14,16-17,19-20H2,1-2H3. The van der Waals surface area contributed by atoms with Crippen LogP contribution < -0.4 is 0 Å². The van der Waals surface area contributed by atoms with E-state index in [1.165, 1.54) is 18.4 Å². The molecule has 0 aliphatic carbocycles. The van der Waals surface area contributed by atoms with E-state index in [9.17, 15) is 21.6 Å². The second kappa shape index (κ2) is 11.1. The summed E-state index contributed by atoms with van der Waals surface area (Å²) >= 11 is 0. The molecule has 1 aliphatic heterocycles. The van der Waals surface area contributed by atoms with Crippen LogP contribution >= 0.6 is 0 Å². The highest BCUT2D eigenvalue weighted by Gasteiger charge is 2.29. The number of aromatic nitrogens is 1. The van der Waals surface area contributed by atoms with Crippen LogP contribution in [0.2, 0.25) is 0 Å². The molecule has 2 aromatic carbocycles. The summed E-state index contributed by atoms with van der Waals surface area (Å²) in [5.41, 5.74) is 2.12. The number of carbonyl (C=O) groups is 1. The van der Waals surface area contributed by atoms with Gasteiger partial charge in [-0.05, 0) is 60.4 Å². The molecule has 0 atom stereocenters. The zero-order chi connectivity index (χ0) is 26.6. The van der Waals surface area contributed by atoms with Crippen molar-refractivity contribution in [2.24, 2.45) is 0 Å². The molecule has 196 valence electrons. The number of hydrogen-bond donors (Lipinski definition) is 0. The van der Waals surface area contributed by atoms with Crippen LogP contribution in [0.3, 0.4) is 0 Å². The van der Waals surface area contributed by atoms with Gasteiger partial charge in [0.05, 0.1) is 9.79 Å². The molecular formula is C27H31N3O5S2. The van der Waals surface area contributed by atoms with Crippen molar-refractivity contribution in [3.05, 3.63) is 89.7 Å². The number of likely N-dealkylation sites (tertiary alicyclic amines) is 1. The quantitative estimate of drug-likeness (QED) is 0.431. The molecule has 1 saturated heterocycles. The minimum atomic E-state index is -3.36. The number of carbonyl (C=O) groups excluding carboxylic acids is 1. The van der Waals surface area contributed by atoms with E-state index in [-0.39, 0.29) is 16.8 Å². The molecule has 1 aliphatic rings. The first-order valence-corrected chi connectivity index (χ1v) is 15.8. The molecule has 0 spiro atoms. The van der Waals surface area contributed by atoms with Crippen LogP contribution in [0.1, 0.15) is 34.3 Å². The van der Waals surface area contributed by atoms with Crippen molar-refractivity contribution < 1.29 is 21.6 Å². The highest BCUT2D eigenvalue weighted by Crippen LogP contribution is 2.25. The predicted octanol–water partition coefficient (Wildman–Crippen LogP) is 3.20. The lowest BCUT2D eigenvalue weighted by atomic mass is 10.0. The number of rotatable bonds is 8. The Morgan fingerprint density at radius 2 is 1.59 bits per heavy atom. The minimum absolute atomic E-state index is 0.0244. The van der Waals surface area contributed by atoms with Crippen LogP contribution in [-0.4, -0.2) is 69.2 Å². The monoisotopic (exact) mass is 541 g/mol. The van der Waals surface area contributed by atoms with E-state index >= 15 is 0 Å². The first kappa shape index (κ1) is 27.0. The van der Waals surface area contributed by atoms with Crippen LogP contribution in [-0.2, 0) is 32.8 Å².